The molecular weight excluding hydrogens is 246 g/mol. The highest BCUT2D eigenvalue weighted by molar-refractivity contribution is 5.85. The smallest absolute Gasteiger partial charge is 0.0568 e. The van der Waals surface area contributed by atoms with Crippen LogP contribution in [0, 0.1) is 0 Å². The molecule has 98 valence electrons. The van der Waals surface area contributed by atoms with Gasteiger partial charge in [0.25, 0.3) is 0 Å². The summed E-state index contributed by atoms with van der Waals surface area (Å²) in [6.07, 6.45) is 4.94. The van der Waals surface area contributed by atoms with Gasteiger partial charge in [-0.25, -0.2) is 0 Å². The molecule has 0 saturated carbocycles. The van der Waals surface area contributed by atoms with E-state index in [0.29, 0.717) is 12.6 Å². The Morgan fingerprint density at radius 1 is 1.17 bits per heavy atom. The van der Waals surface area contributed by atoms with Crippen molar-refractivity contribution in [2.45, 2.75) is 26.3 Å². The standard InChI is InChI=1S/C14H19N3.ClH/c1-11(2)17-10-14(9-16-17)13-5-3-12(4-6-13)7-8-15;/h3-6,9-11H,7-8,15H2,1-2H3;1H. The average Bonchev–Trinajstić information content (AvgIpc) is 2.80. The monoisotopic (exact) mass is 265 g/mol. The van der Waals surface area contributed by atoms with Crippen molar-refractivity contribution in [3.8, 4) is 11.1 Å². The highest BCUT2D eigenvalue weighted by Gasteiger charge is 2.03. The Hall–Kier alpha value is -1.32. The van der Waals surface area contributed by atoms with Gasteiger partial charge in [-0.05, 0) is 37.9 Å². The molecule has 3 nitrogen and oxygen atoms in total. The van der Waals surface area contributed by atoms with Crippen LogP contribution in [-0.2, 0) is 6.42 Å². The second-order valence-corrected chi connectivity index (χ2v) is 4.54. The minimum atomic E-state index is 0. The Balaban J connectivity index is 0.00000162. The predicted octanol–water partition coefficient (Wildman–Crippen LogP) is 3.05. The Labute approximate surface area is 114 Å². The third kappa shape index (κ3) is 3.34. The maximum Gasteiger partial charge on any atom is 0.0568 e. The number of benzene rings is 1. The zero-order valence-corrected chi connectivity index (χ0v) is 11.7. The number of rotatable bonds is 4. The van der Waals surface area contributed by atoms with Crippen molar-refractivity contribution in [1.82, 2.24) is 9.78 Å². The Kier molecular flexibility index (Phi) is 5.38. The van der Waals surface area contributed by atoms with Gasteiger partial charge in [0, 0.05) is 17.8 Å². The molecule has 2 N–H and O–H groups in total. The van der Waals surface area contributed by atoms with Gasteiger partial charge in [-0.15, -0.1) is 12.4 Å². The van der Waals surface area contributed by atoms with Crippen LogP contribution in [0.2, 0.25) is 0 Å². The summed E-state index contributed by atoms with van der Waals surface area (Å²) < 4.78 is 1.98. The molecule has 0 aliphatic rings. The molecule has 1 heterocycles. The zero-order valence-electron chi connectivity index (χ0n) is 10.8. The van der Waals surface area contributed by atoms with Crippen molar-refractivity contribution in [1.29, 1.82) is 0 Å². The molecule has 0 amide bonds. The quantitative estimate of drug-likeness (QED) is 0.923. The van der Waals surface area contributed by atoms with Gasteiger partial charge >= 0.3 is 0 Å². The molecule has 2 aromatic rings. The summed E-state index contributed by atoms with van der Waals surface area (Å²) in [6.45, 7) is 4.95. The highest BCUT2D eigenvalue weighted by atomic mass is 35.5. The Bertz CT molecular complexity index is 474. The molecule has 0 saturated heterocycles. The van der Waals surface area contributed by atoms with Crippen molar-refractivity contribution >= 4 is 12.4 Å². The van der Waals surface area contributed by atoms with E-state index < -0.39 is 0 Å². The molecule has 0 radical (unpaired) electrons. The van der Waals surface area contributed by atoms with Gasteiger partial charge in [-0.2, -0.15) is 5.10 Å². The second-order valence-electron chi connectivity index (χ2n) is 4.54. The number of hydrogen-bond donors (Lipinski definition) is 1. The van der Waals surface area contributed by atoms with E-state index in [-0.39, 0.29) is 12.4 Å². The van der Waals surface area contributed by atoms with Crippen molar-refractivity contribution in [2.24, 2.45) is 5.73 Å². The first kappa shape index (κ1) is 14.7. The highest BCUT2D eigenvalue weighted by Crippen LogP contribution is 2.20. The summed E-state index contributed by atoms with van der Waals surface area (Å²) in [5.74, 6) is 0. The molecule has 0 spiro atoms. The van der Waals surface area contributed by atoms with Crippen molar-refractivity contribution in [3.63, 3.8) is 0 Å². The first-order valence-electron chi connectivity index (χ1n) is 6.04. The number of aromatic nitrogens is 2. The summed E-state index contributed by atoms with van der Waals surface area (Å²) in [5, 5.41) is 4.35. The van der Waals surface area contributed by atoms with Gasteiger partial charge in [0.15, 0.2) is 0 Å². The molecule has 0 fully saturated rings. The third-order valence-electron chi connectivity index (χ3n) is 2.85. The fourth-order valence-corrected chi connectivity index (χ4v) is 1.80. The lowest BCUT2D eigenvalue weighted by Gasteiger charge is -2.03. The number of hydrogen-bond acceptors (Lipinski definition) is 2. The normalized spacial score (nSPS) is 10.4. The van der Waals surface area contributed by atoms with Crippen molar-refractivity contribution in [3.05, 3.63) is 42.2 Å². The van der Waals surface area contributed by atoms with Crippen molar-refractivity contribution < 1.29 is 0 Å². The molecule has 0 bridgehead atoms. The number of nitrogens with zero attached hydrogens (tertiary/aromatic N) is 2. The van der Waals surface area contributed by atoms with Gasteiger partial charge in [0.1, 0.15) is 0 Å². The lowest BCUT2D eigenvalue weighted by Crippen LogP contribution is -2.02. The maximum atomic E-state index is 5.53. The van der Waals surface area contributed by atoms with Crippen LogP contribution in [0.25, 0.3) is 11.1 Å². The molecule has 0 unspecified atom stereocenters. The lowest BCUT2D eigenvalue weighted by atomic mass is 10.1. The molecule has 0 aliphatic carbocycles. The van der Waals surface area contributed by atoms with Crippen LogP contribution in [0.4, 0.5) is 0 Å². The van der Waals surface area contributed by atoms with Crippen molar-refractivity contribution in [2.75, 3.05) is 6.54 Å². The largest absolute Gasteiger partial charge is 0.330 e. The first-order valence-corrected chi connectivity index (χ1v) is 6.04. The molecule has 4 heteroatoms. The average molecular weight is 266 g/mol. The molecule has 0 aliphatic heterocycles. The summed E-state index contributed by atoms with van der Waals surface area (Å²) in [4.78, 5) is 0. The van der Waals surface area contributed by atoms with Gasteiger partial charge in [0.2, 0.25) is 0 Å². The summed E-state index contributed by atoms with van der Waals surface area (Å²) >= 11 is 0. The fourth-order valence-electron chi connectivity index (χ4n) is 1.80. The molecule has 0 atom stereocenters. The summed E-state index contributed by atoms with van der Waals surface area (Å²) in [5.41, 5.74) is 9.19. The van der Waals surface area contributed by atoms with Crippen LogP contribution < -0.4 is 5.73 Å². The Morgan fingerprint density at radius 3 is 2.33 bits per heavy atom. The Morgan fingerprint density at radius 2 is 1.83 bits per heavy atom. The van der Waals surface area contributed by atoms with E-state index in [0.717, 1.165) is 12.0 Å². The van der Waals surface area contributed by atoms with Crippen LogP contribution in [0.15, 0.2) is 36.7 Å². The molecule has 18 heavy (non-hydrogen) atoms. The van der Waals surface area contributed by atoms with Crippen LogP contribution in [0.5, 0.6) is 0 Å². The summed E-state index contributed by atoms with van der Waals surface area (Å²) in [6, 6.07) is 8.93. The van der Waals surface area contributed by atoms with Gasteiger partial charge in [-0.1, -0.05) is 24.3 Å². The minimum Gasteiger partial charge on any atom is -0.330 e. The van der Waals surface area contributed by atoms with Gasteiger partial charge < -0.3 is 5.73 Å². The van der Waals surface area contributed by atoms with E-state index in [1.54, 1.807) is 0 Å². The SMILES string of the molecule is CC(C)n1cc(-c2ccc(CCN)cc2)cn1.Cl. The number of halogens is 1. The lowest BCUT2D eigenvalue weighted by molar-refractivity contribution is 0.532. The van der Waals surface area contributed by atoms with Crippen LogP contribution in [-0.4, -0.2) is 16.3 Å². The van der Waals surface area contributed by atoms with E-state index in [2.05, 4.69) is 49.4 Å². The van der Waals surface area contributed by atoms with E-state index in [4.69, 9.17) is 5.73 Å². The van der Waals surface area contributed by atoms with Crippen LogP contribution in [0.3, 0.4) is 0 Å². The summed E-state index contributed by atoms with van der Waals surface area (Å²) in [7, 11) is 0. The third-order valence-corrected chi connectivity index (χ3v) is 2.85. The van der Waals surface area contributed by atoms with E-state index >= 15 is 0 Å². The predicted molar refractivity (Wildman–Crippen MR) is 78.1 cm³/mol. The molecule has 1 aromatic carbocycles. The zero-order chi connectivity index (χ0) is 12.3. The van der Waals surface area contributed by atoms with E-state index in [1.165, 1.54) is 11.1 Å². The topological polar surface area (TPSA) is 43.8 Å². The van der Waals surface area contributed by atoms with Crippen LogP contribution in [0.1, 0.15) is 25.5 Å². The van der Waals surface area contributed by atoms with E-state index in [1.807, 2.05) is 10.9 Å². The number of nitrogens with two attached hydrogens (primary N) is 1. The van der Waals surface area contributed by atoms with E-state index in [9.17, 15) is 0 Å². The molecular formula is C14H20ClN3. The van der Waals surface area contributed by atoms with Gasteiger partial charge in [-0.3, -0.25) is 4.68 Å². The maximum absolute atomic E-state index is 5.53. The fraction of sp³-hybridized carbons (Fsp3) is 0.357. The minimum absolute atomic E-state index is 0. The molecule has 2 rings (SSSR count). The molecule has 1 aromatic heterocycles. The van der Waals surface area contributed by atoms with Crippen LogP contribution >= 0.6 is 12.4 Å². The second kappa shape index (κ2) is 6.57. The van der Waals surface area contributed by atoms with Gasteiger partial charge in [0.05, 0.1) is 6.20 Å². The first-order chi connectivity index (χ1) is 8.20.